The van der Waals surface area contributed by atoms with Crippen LogP contribution in [0, 0.1) is 0 Å². The van der Waals surface area contributed by atoms with Crippen molar-refractivity contribution in [2.75, 3.05) is 5.32 Å². The van der Waals surface area contributed by atoms with E-state index in [1.165, 1.54) is 18.4 Å². The third kappa shape index (κ3) is 4.67. The lowest BCUT2D eigenvalue weighted by Crippen LogP contribution is -2.52. The zero-order valence-electron chi connectivity index (χ0n) is 24.5. The van der Waals surface area contributed by atoms with Crippen molar-refractivity contribution >= 4 is 23.2 Å². The molecule has 2 aromatic heterocycles. The molecule has 3 heterocycles. The van der Waals surface area contributed by atoms with E-state index < -0.39 is 11.1 Å². The number of benzene rings is 2. The van der Waals surface area contributed by atoms with Gasteiger partial charge in [0.2, 0.25) is 0 Å². The number of aromatic nitrogens is 3. The molecule has 2 aliphatic carbocycles. The molecule has 0 unspecified atom stereocenters. The number of hydrogen-bond acceptors (Lipinski definition) is 5. The summed E-state index contributed by atoms with van der Waals surface area (Å²) in [7, 11) is 0. The first-order valence-electron chi connectivity index (χ1n) is 15.1. The van der Waals surface area contributed by atoms with Crippen LogP contribution in [0.25, 0.3) is 33.9 Å². The molecule has 1 saturated carbocycles. The number of fused-ring (bicyclic) bond motifs is 5. The number of carbonyl (C=O) groups excluding carboxylic acids is 1. The van der Waals surface area contributed by atoms with Crippen molar-refractivity contribution in [2.45, 2.75) is 76.9 Å². The minimum atomic E-state index is -0.540. The van der Waals surface area contributed by atoms with Gasteiger partial charge in [-0.25, -0.2) is 14.8 Å². The summed E-state index contributed by atoms with van der Waals surface area (Å²) in [5.74, 6) is 1.71. The van der Waals surface area contributed by atoms with Gasteiger partial charge in [0.1, 0.15) is 11.4 Å². The fourth-order valence-electron chi connectivity index (χ4n) is 6.43. The van der Waals surface area contributed by atoms with Gasteiger partial charge in [-0.15, -0.1) is 0 Å². The van der Waals surface area contributed by atoms with Crippen molar-refractivity contribution in [1.29, 1.82) is 0 Å². The molecule has 7 heteroatoms. The molecule has 0 spiro atoms. The van der Waals surface area contributed by atoms with Gasteiger partial charge in [0, 0.05) is 17.3 Å². The van der Waals surface area contributed by atoms with E-state index in [1.54, 1.807) is 0 Å². The molecule has 42 heavy (non-hydrogen) atoms. The molecule has 1 amide bonds. The van der Waals surface area contributed by atoms with Crippen LogP contribution in [0.15, 0.2) is 72.9 Å². The van der Waals surface area contributed by atoms with Crippen LogP contribution in [0.1, 0.15) is 77.0 Å². The molecule has 1 aliphatic heterocycles. The zero-order valence-corrected chi connectivity index (χ0v) is 24.5. The van der Waals surface area contributed by atoms with E-state index in [2.05, 4.69) is 69.8 Å². The van der Waals surface area contributed by atoms with E-state index in [1.807, 2.05) is 39.1 Å². The summed E-state index contributed by atoms with van der Waals surface area (Å²) < 4.78 is 7.89. The average molecular weight is 560 g/mol. The average Bonchev–Trinajstić information content (AvgIpc) is 3.29. The van der Waals surface area contributed by atoms with Gasteiger partial charge in [0.05, 0.1) is 28.3 Å². The first kappa shape index (κ1) is 26.5. The third-order valence-corrected chi connectivity index (χ3v) is 8.58. The molecule has 7 rings (SSSR count). The van der Waals surface area contributed by atoms with Gasteiger partial charge < -0.3 is 15.4 Å². The Morgan fingerprint density at radius 2 is 1.81 bits per heavy atom. The van der Waals surface area contributed by atoms with Crippen molar-refractivity contribution in [1.82, 2.24) is 19.9 Å². The second-order valence-corrected chi connectivity index (χ2v) is 12.6. The topological polar surface area (TPSA) is 81.1 Å². The smallest absolute Gasteiger partial charge is 0.408 e. The fourth-order valence-corrected chi connectivity index (χ4v) is 6.43. The van der Waals surface area contributed by atoms with Gasteiger partial charge in [-0.2, -0.15) is 0 Å². The number of alkyl carbamates (subject to hydrolysis) is 1. The van der Waals surface area contributed by atoms with Crippen LogP contribution in [-0.4, -0.2) is 26.2 Å². The first-order valence-corrected chi connectivity index (χ1v) is 15.1. The third-order valence-electron chi connectivity index (χ3n) is 8.58. The molecule has 0 atom stereocenters. The number of nitrogens with zero attached hydrogens (tertiary/aromatic N) is 3. The van der Waals surface area contributed by atoms with Crippen molar-refractivity contribution < 1.29 is 9.53 Å². The number of ether oxygens (including phenoxy) is 1. The molecule has 7 nitrogen and oxygen atoms in total. The van der Waals surface area contributed by atoms with Gasteiger partial charge >= 0.3 is 6.09 Å². The van der Waals surface area contributed by atoms with E-state index in [0.29, 0.717) is 0 Å². The fraction of sp³-hybridized carbons (Fsp3) is 0.343. The number of para-hydroxylation sites is 1. The highest BCUT2D eigenvalue weighted by atomic mass is 16.6. The highest BCUT2D eigenvalue weighted by Gasteiger charge is 2.41. The van der Waals surface area contributed by atoms with E-state index in [9.17, 15) is 4.79 Å². The minimum Gasteiger partial charge on any atom is -0.444 e. The second kappa shape index (κ2) is 10.2. The maximum Gasteiger partial charge on any atom is 0.408 e. The first-order chi connectivity index (χ1) is 20.3. The molecule has 2 N–H and O–H groups in total. The lowest BCUT2D eigenvalue weighted by molar-refractivity contribution is 0.0377. The molecule has 0 radical (unpaired) electrons. The number of nitrogens with one attached hydrogen (secondary N) is 2. The van der Waals surface area contributed by atoms with Gasteiger partial charge in [0.15, 0.2) is 5.82 Å². The highest BCUT2D eigenvalue weighted by molar-refractivity contribution is 5.89. The number of anilines is 2. The predicted octanol–water partition coefficient (Wildman–Crippen LogP) is 8.52. The van der Waals surface area contributed by atoms with Gasteiger partial charge in [-0.1, -0.05) is 42.5 Å². The van der Waals surface area contributed by atoms with Gasteiger partial charge in [-0.3, -0.25) is 4.57 Å². The number of imidazole rings is 1. The second-order valence-electron chi connectivity index (χ2n) is 12.6. The summed E-state index contributed by atoms with van der Waals surface area (Å²) >= 11 is 0. The summed E-state index contributed by atoms with van der Waals surface area (Å²) in [4.78, 5) is 22.9. The van der Waals surface area contributed by atoms with E-state index in [0.717, 1.165) is 83.2 Å². The quantitative estimate of drug-likeness (QED) is 0.231. The lowest BCUT2D eigenvalue weighted by atomic mass is 9.71. The minimum absolute atomic E-state index is 0.366. The number of allylic oxidation sites excluding steroid dienone is 2. The lowest BCUT2D eigenvalue weighted by Gasteiger charge is -2.43. The predicted molar refractivity (Wildman–Crippen MR) is 167 cm³/mol. The summed E-state index contributed by atoms with van der Waals surface area (Å²) in [6, 6.07) is 21.1. The largest absolute Gasteiger partial charge is 0.444 e. The Morgan fingerprint density at radius 1 is 1.00 bits per heavy atom. The van der Waals surface area contributed by atoms with Crippen LogP contribution < -0.4 is 10.6 Å². The molecular formula is C35H37N5O2. The maximum atomic E-state index is 12.8. The summed E-state index contributed by atoms with van der Waals surface area (Å²) in [6.45, 7) is 5.68. The van der Waals surface area contributed by atoms with E-state index in [-0.39, 0.29) is 6.09 Å². The van der Waals surface area contributed by atoms with Crippen LogP contribution in [0.2, 0.25) is 0 Å². The summed E-state index contributed by atoms with van der Waals surface area (Å²) in [5.41, 5.74) is 7.67. The Labute approximate surface area is 247 Å². The molecule has 4 aromatic rings. The van der Waals surface area contributed by atoms with Crippen molar-refractivity contribution in [2.24, 2.45) is 0 Å². The Hall–Kier alpha value is -4.39. The van der Waals surface area contributed by atoms with Crippen molar-refractivity contribution in [3.05, 3.63) is 84.2 Å². The zero-order chi connectivity index (χ0) is 28.9. The number of pyridine rings is 1. The molecular weight excluding hydrogens is 522 g/mol. The van der Waals surface area contributed by atoms with Gasteiger partial charge in [-0.05, 0) is 101 Å². The Balaban J connectivity index is 1.37. The number of rotatable bonds is 4. The summed E-state index contributed by atoms with van der Waals surface area (Å²) in [5, 5.41) is 6.75. The molecule has 0 bridgehead atoms. The maximum absolute atomic E-state index is 12.8. The number of hydrogen-bond donors (Lipinski definition) is 2. The van der Waals surface area contributed by atoms with Crippen LogP contribution in [0.4, 0.5) is 16.3 Å². The van der Waals surface area contributed by atoms with Gasteiger partial charge in [0.25, 0.3) is 0 Å². The number of carbonyl (C=O) groups is 1. The van der Waals surface area contributed by atoms with E-state index in [4.69, 9.17) is 14.7 Å². The SMILES string of the molecule is CC(C)(C)OC(=O)NC1(c2ccc(-c3c(C4=CCCCC4)nc4n3-c3cccnc3Nc3ccccc3-4)cc2)CCC1. The summed E-state index contributed by atoms with van der Waals surface area (Å²) in [6.07, 6.45) is 11.2. The van der Waals surface area contributed by atoms with Crippen LogP contribution in [0.3, 0.4) is 0 Å². The van der Waals surface area contributed by atoms with Crippen LogP contribution in [-0.2, 0) is 10.3 Å². The Bertz CT molecular complexity index is 1690. The molecule has 3 aliphatic rings. The molecule has 214 valence electrons. The molecule has 2 aromatic carbocycles. The monoisotopic (exact) mass is 559 g/mol. The van der Waals surface area contributed by atoms with Crippen LogP contribution >= 0.6 is 0 Å². The van der Waals surface area contributed by atoms with Crippen molar-refractivity contribution in [3.8, 4) is 28.3 Å². The molecule has 1 fully saturated rings. The normalized spacial score (nSPS) is 16.9. The van der Waals surface area contributed by atoms with E-state index >= 15 is 0 Å². The van der Waals surface area contributed by atoms with Crippen LogP contribution in [0.5, 0.6) is 0 Å². The molecule has 0 saturated heterocycles. The van der Waals surface area contributed by atoms with Crippen molar-refractivity contribution in [3.63, 3.8) is 0 Å². The number of amides is 1. The Morgan fingerprint density at radius 3 is 2.52 bits per heavy atom. The Kier molecular flexibility index (Phi) is 6.41. The highest BCUT2D eigenvalue weighted by Crippen LogP contribution is 2.46. The standard InChI is InChI=1S/C35H37N5O2/c1-34(2,3)42-33(41)39-35(20-10-21-35)25-18-16-24(17-19-25)30-29(23-11-5-4-6-12-23)38-32-26-13-7-8-14-27(26)37-31-28(40(30)32)15-9-22-36-31/h7-9,11,13-19,22H,4-6,10,12,20-21H2,1-3H3,(H,36,37)(H,39,41).